The first-order chi connectivity index (χ1) is 28.2. The zero-order valence-corrected chi connectivity index (χ0v) is 33.4. The number of hydrogen-bond acceptors (Lipinski definition) is 2. The molecule has 0 N–H and O–H groups in total. The number of benzene rings is 3. The van der Waals surface area contributed by atoms with E-state index >= 15 is 0 Å². The van der Waals surface area contributed by atoms with Gasteiger partial charge in [-0.25, -0.2) is 0 Å². The molecule has 0 aliphatic heterocycles. The number of rotatable bonds is 6. The third-order valence-electron chi connectivity index (χ3n) is 14.7. The molecule has 1 heterocycles. The van der Waals surface area contributed by atoms with E-state index in [1.807, 2.05) is 12.3 Å². The van der Waals surface area contributed by atoms with E-state index in [1.54, 1.807) is 16.7 Å². The van der Waals surface area contributed by atoms with Crippen LogP contribution in [-0.4, -0.2) is 18.4 Å². The zero-order chi connectivity index (χ0) is 43.0. The van der Waals surface area contributed by atoms with Crippen LogP contribution in [0, 0.1) is 28.6 Å². The van der Waals surface area contributed by atoms with E-state index in [0.29, 0.717) is 17.8 Å². The number of carbonyl (C=O) groups excluding carboxylic acids is 1. The van der Waals surface area contributed by atoms with E-state index < -0.39 is 41.5 Å². The third kappa shape index (κ3) is 7.07. The van der Waals surface area contributed by atoms with Crippen LogP contribution in [0.5, 0.6) is 0 Å². The third-order valence-corrected chi connectivity index (χ3v) is 14.7. The number of ether oxygens (including phenoxy) is 1. The molecule has 0 radical (unpaired) electrons. The maximum Gasteiger partial charge on any atom is 0.416 e. The van der Waals surface area contributed by atoms with E-state index in [4.69, 9.17) is 4.74 Å². The monoisotopic (exact) mass is 837 g/mol. The van der Waals surface area contributed by atoms with E-state index in [1.165, 1.54) is 48.9 Å². The SMILES string of the molecule is CC(=O)O[C@H]1CC[C@@]2(C)C(=CC[C@@H]3[C@@H]2CC[C@]2(C)C(c4ccc[n+]([B-](c5ccc(C(F)(F)F)cc5)(c5ccc(C(F)(F)F)cc5)c5ccc(C(F)(F)F)cc5)c4)=CC[C@@H]32)C1. The number of alkyl halides is 9. The molecule has 0 saturated heterocycles. The van der Waals surface area contributed by atoms with Crippen LogP contribution in [0.1, 0.15) is 88.0 Å². The van der Waals surface area contributed by atoms with Crippen molar-refractivity contribution in [3.63, 3.8) is 0 Å². The Morgan fingerprint density at radius 3 is 1.65 bits per heavy atom. The van der Waals surface area contributed by atoms with Crippen LogP contribution in [0.25, 0.3) is 5.57 Å². The van der Waals surface area contributed by atoms with Crippen molar-refractivity contribution in [2.75, 3.05) is 0 Å². The van der Waals surface area contributed by atoms with Gasteiger partial charge in [-0.15, -0.1) is 16.4 Å². The molecule has 6 atom stereocenters. The molecule has 0 unspecified atom stereocenters. The Hall–Kier alpha value is -4.81. The topological polar surface area (TPSA) is 30.2 Å². The highest BCUT2D eigenvalue weighted by molar-refractivity contribution is 7.05. The number of nitrogens with zero attached hydrogens (tertiary/aromatic N) is 1. The van der Waals surface area contributed by atoms with Gasteiger partial charge in [0.05, 0.1) is 16.7 Å². The molecule has 0 spiro atoms. The summed E-state index contributed by atoms with van der Waals surface area (Å²) in [4.78, 5) is 11.8. The lowest BCUT2D eigenvalue weighted by molar-refractivity contribution is -0.539. The van der Waals surface area contributed by atoms with Gasteiger partial charge in [-0.1, -0.05) is 104 Å². The highest BCUT2D eigenvalue weighted by Crippen LogP contribution is 2.66. The van der Waals surface area contributed by atoms with Crippen LogP contribution in [-0.2, 0) is 28.1 Å². The average Bonchev–Trinajstić information content (AvgIpc) is 3.55. The van der Waals surface area contributed by atoms with Gasteiger partial charge in [0.25, 0.3) is 0 Å². The van der Waals surface area contributed by atoms with Crippen LogP contribution in [0.3, 0.4) is 0 Å². The van der Waals surface area contributed by atoms with Gasteiger partial charge in [-0.05, 0) is 84.8 Å². The maximum absolute atomic E-state index is 13.9. The van der Waals surface area contributed by atoms with Crippen molar-refractivity contribution in [2.24, 2.45) is 28.6 Å². The van der Waals surface area contributed by atoms with Crippen molar-refractivity contribution in [1.82, 2.24) is 0 Å². The summed E-state index contributed by atoms with van der Waals surface area (Å²) in [6.45, 7) is 6.08. The summed E-state index contributed by atoms with van der Waals surface area (Å²) in [5, 5.41) is 0. The highest BCUT2D eigenvalue weighted by atomic mass is 19.4. The molecule has 60 heavy (non-hydrogen) atoms. The lowest BCUT2D eigenvalue weighted by atomic mass is 9.24. The first-order valence-corrected chi connectivity index (χ1v) is 20.4. The van der Waals surface area contributed by atoms with Crippen molar-refractivity contribution in [3.05, 3.63) is 137 Å². The summed E-state index contributed by atoms with van der Waals surface area (Å²) in [6, 6.07) is 16.6. The fraction of sp³-hybridized carbons (Fsp3) is 0.404. The van der Waals surface area contributed by atoms with Crippen molar-refractivity contribution in [3.8, 4) is 0 Å². The Morgan fingerprint density at radius 1 is 0.667 bits per heavy atom. The second-order valence-corrected chi connectivity index (χ2v) is 17.8. The molecular weight excluding hydrogens is 792 g/mol. The van der Waals surface area contributed by atoms with Gasteiger partial charge in [0, 0.05) is 18.9 Å². The molecule has 3 nitrogen and oxygen atoms in total. The molecule has 3 aromatic carbocycles. The Morgan fingerprint density at radius 2 is 1.17 bits per heavy atom. The van der Waals surface area contributed by atoms with Gasteiger partial charge in [0.2, 0.25) is 0 Å². The number of hydrogen-bond donors (Lipinski definition) is 0. The first kappa shape index (κ1) is 41.9. The molecule has 4 aliphatic carbocycles. The molecule has 1 aromatic heterocycles. The van der Waals surface area contributed by atoms with E-state index in [9.17, 15) is 44.3 Å². The second-order valence-electron chi connectivity index (χ2n) is 17.8. The van der Waals surface area contributed by atoms with Gasteiger partial charge in [0.1, 0.15) is 18.5 Å². The molecule has 8 rings (SSSR count). The first-order valence-electron chi connectivity index (χ1n) is 20.4. The van der Waals surface area contributed by atoms with Gasteiger partial charge < -0.3 is 9.21 Å². The molecular formula is C47H45BF9NO2. The number of aromatic nitrogens is 1. The minimum atomic E-state index is -4.69. The predicted molar refractivity (Wildman–Crippen MR) is 212 cm³/mol. The van der Waals surface area contributed by atoms with Gasteiger partial charge in [0.15, 0.2) is 0 Å². The molecule has 316 valence electrons. The largest absolute Gasteiger partial charge is 0.462 e. The Kier molecular flexibility index (Phi) is 10.3. The van der Waals surface area contributed by atoms with Crippen molar-refractivity contribution in [1.29, 1.82) is 0 Å². The summed E-state index contributed by atoms with van der Waals surface area (Å²) < 4.78 is 133. The Labute approximate surface area is 343 Å². The standard InChI is InChI=1S/C47H45BF9NO2/c1-29(59)60-38-22-24-43(2)34(27-38)12-19-39-41-21-20-40(44(41,3)25-23-42(39)43)30-5-4-26-58(28-30)48(35-13-6-31(7-14-35)45(49,50)51,36-15-8-32(9-16-36)46(52,53)54)37-17-10-33(11-18-37)47(55,56)57/h4-18,20,26,28,38-39,41-42H,19,21-25,27H2,1-3H3/t38-,39-,41-,42-,43-,44+/m0/s1. The maximum atomic E-state index is 13.9. The lowest BCUT2D eigenvalue weighted by Crippen LogP contribution is -2.84. The molecule has 0 amide bonds. The number of esters is 1. The van der Waals surface area contributed by atoms with Crippen LogP contribution in [0.4, 0.5) is 39.5 Å². The minimum Gasteiger partial charge on any atom is -0.462 e. The summed E-state index contributed by atoms with van der Waals surface area (Å²) in [5.41, 5.74) is 0.949. The van der Waals surface area contributed by atoms with E-state index in [0.717, 1.165) is 92.5 Å². The quantitative estimate of drug-likeness (QED) is 0.0838. The summed E-state index contributed by atoms with van der Waals surface area (Å²) >= 11 is 0. The van der Waals surface area contributed by atoms with Crippen LogP contribution >= 0.6 is 0 Å². The van der Waals surface area contributed by atoms with Crippen molar-refractivity contribution in [2.45, 2.75) is 90.3 Å². The number of pyridine rings is 1. The molecule has 4 aromatic rings. The fourth-order valence-corrected chi connectivity index (χ4v) is 11.8. The highest BCUT2D eigenvalue weighted by Gasteiger charge is 2.57. The van der Waals surface area contributed by atoms with Gasteiger partial charge >= 0.3 is 30.8 Å². The van der Waals surface area contributed by atoms with E-state index in [-0.39, 0.29) is 39.3 Å². The van der Waals surface area contributed by atoms with Crippen molar-refractivity contribution < 1.29 is 53.5 Å². The van der Waals surface area contributed by atoms with Crippen molar-refractivity contribution >= 4 is 34.2 Å². The average molecular weight is 838 g/mol. The number of carbonyl (C=O) groups is 1. The molecule has 2 fully saturated rings. The molecule has 4 aliphatic rings. The molecule has 13 heteroatoms. The number of allylic oxidation sites excluding steroid dienone is 3. The fourth-order valence-electron chi connectivity index (χ4n) is 11.8. The second kappa shape index (κ2) is 14.7. The van der Waals surface area contributed by atoms with Gasteiger partial charge in [-0.3, -0.25) is 4.79 Å². The normalized spacial score (nSPS) is 26.9. The summed E-state index contributed by atoms with van der Waals surface area (Å²) in [5.74, 6) is 0.866. The van der Waals surface area contributed by atoms with Crippen LogP contribution in [0.15, 0.2) is 115 Å². The van der Waals surface area contributed by atoms with E-state index in [2.05, 4.69) is 26.0 Å². The number of fused-ring (bicyclic) bond motifs is 5. The Balaban J connectivity index is 1.24. The lowest BCUT2D eigenvalue weighted by Gasteiger charge is -2.57. The summed E-state index contributed by atoms with van der Waals surface area (Å²) in [7, 11) is 0. The van der Waals surface area contributed by atoms with Gasteiger partial charge in [-0.2, -0.15) is 39.5 Å². The van der Waals surface area contributed by atoms with Crippen LogP contribution < -0.4 is 20.9 Å². The summed E-state index contributed by atoms with van der Waals surface area (Å²) in [6.07, 6.45) is -2.70. The molecule has 0 bridgehead atoms. The Bertz CT molecular complexity index is 2190. The number of halogens is 9. The predicted octanol–water partition coefficient (Wildman–Crippen LogP) is 10.4. The smallest absolute Gasteiger partial charge is 0.416 e. The molecule has 2 saturated carbocycles. The zero-order valence-electron chi connectivity index (χ0n) is 33.4. The minimum absolute atomic E-state index is 0.00741. The van der Waals surface area contributed by atoms with Crippen LogP contribution in [0.2, 0.25) is 0 Å².